The van der Waals surface area contributed by atoms with E-state index in [1.165, 1.54) is 57.7 Å². The Balaban J connectivity index is 1.49. The first kappa shape index (κ1) is 31.0. The van der Waals surface area contributed by atoms with Crippen LogP contribution < -0.4 is 14.2 Å². The number of benzene rings is 3. The first-order valence-corrected chi connectivity index (χ1v) is 14.1. The molecule has 0 aromatic heterocycles. The lowest BCUT2D eigenvalue weighted by Crippen LogP contribution is -2.47. The van der Waals surface area contributed by atoms with Gasteiger partial charge in [-0.05, 0) is 86.7 Å². The summed E-state index contributed by atoms with van der Waals surface area (Å²) in [6.45, 7) is 1.06. The van der Waals surface area contributed by atoms with Crippen LogP contribution in [-0.2, 0) is 17.6 Å². The van der Waals surface area contributed by atoms with Crippen molar-refractivity contribution in [2.45, 2.75) is 44.2 Å². The van der Waals surface area contributed by atoms with Crippen LogP contribution in [0.25, 0.3) is 0 Å². The molecular formula is C33H38F2N2O5. The molecule has 1 heterocycles. The van der Waals surface area contributed by atoms with Crippen molar-refractivity contribution < 1.29 is 32.6 Å². The SMILES string of the molecule is COc1cc(C(=O)C(=O)N2CCC[C@H]2CN(C)C(CCc2ccc(F)cc2)Cc2ccc(F)cc2)cc(OC)c1OC. The Labute approximate surface area is 246 Å². The predicted octanol–water partition coefficient (Wildman–Crippen LogP) is 5.34. The molecule has 4 rings (SSSR count). The van der Waals surface area contributed by atoms with Crippen molar-refractivity contribution in [2.24, 2.45) is 0 Å². The van der Waals surface area contributed by atoms with E-state index < -0.39 is 11.7 Å². The van der Waals surface area contributed by atoms with Crippen LogP contribution >= 0.6 is 0 Å². The van der Waals surface area contributed by atoms with E-state index in [0.29, 0.717) is 36.8 Å². The molecule has 0 saturated carbocycles. The molecule has 1 fully saturated rings. The van der Waals surface area contributed by atoms with E-state index in [2.05, 4.69) is 4.90 Å². The molecule has 0 radical (unpaired) electrons. The minimum absolute atomic E-state index is 0.0730. The average Bonchev–Trinajstić information content (AvgIpc) is 3.47. The van der Waals surface area contributed by atoms with Gasteiger partial charge >= 0.3 is 0 Å². The monoisotopic (exact) mass is 580 g/mol. The molecule has 3 aromatic rings. The van der Waals surface area contributed by atoms with Crippen molar-refractivity contribution in [3.8, 4) is 17.2 Å². The molecule has 0 N–H and O–H groups in total. The summed E-state index contributed by atoms with van der Waals surface area (Å²) in [7, 11) is 6.40. The number of hydrogen-bond donors (Lipinski definition) is 0. The third-order valence-electron chi connectivity index (χ3n) is 7.95. The third-order valence-corrected chi connectivity index (χ3v) is 7.95. The van der Waals surface area contributed by atoms with Gasteiger partial charge in [0.2, 0.25) is 5.75 Å². The zero-order valence-electron chi connectivity index (χ0n) is 24.6. The van der Waals surface area contributed by atoms with Crippen molar-refractivity contribution in [2.75, 3.05) is 41.5 Å². The minimum Gasteiger partial charge on any atom is -0.493 e. The Morgan fingerprint density at radius 2 is 1.48 bits per heavy atom. The number of carbonyl (C=O) groups excluding carboxylic acids is 2. The van der Waals surface area contributed by atoms with Crippen molar-refractivity contribution in [1.29, 1.82) is 0 Å². The summed E-state index contributed by atoms with van der Waals surface area (Å²) in [4.78, 5) is 30.8. The number of hydrogen-bond acceptors (Lipinski definition) is 6. The summed E-state index contributed by atoms with van der Waals surface area (Å²) in [5.41, 5.74) is 2.20. The average molecular weight is 581 g/mol. The number of likely N-dealkylation sites (tertiary alicyclic amines) is 1. The Kier molecular flexibility index (Phi) is 10.5. The molecule has 1 amide bonds. The van der Waals surface area contributed by atoms with E-state index in [1.807, 2.05) is 7.05 Å². The molecule has 0 spiro atoms. The zero-order valence-corrected chi connectivity index (χ0v) is 24.6. The molecule has 1 aliphatic rings. The summed E-state index contributed by atoms with van der Waals surface area (Å²) in [6.07, 6.45) is 3.78. The molecule has 1 aliphatic heterocycles. The summed E-state index contributed by atoms with van der Waals surface area (Å²) in [6, 6.07) is 15.9. The Bertz CT molecular complexity index is 1340. The fourth-order valence-electron chi connectivity index (χ4n) is 5.60. The van der Waals surface area contributed by atoms with Crippen LogP contribution in [0.5, 0.6) is 17.2 Å². The fourth-order valence-corrected chi connectivity index (χ4v) is 5.60. The van der Waals surface area contributed by atoms with Crippen molar-refractivity contribution in [3.05, 3.63) is 89.0 Å². The molecule has 9 heteroatoms. The molecule has 224 valence electrons. The second kappa shape index (κ2) is 14.3. The maximum Gasteiger partial charge on any atom is 0.295 e. The van der Waals surface area contributed by atoms with Gasteiger partial charge in [0.15, 0.2) is 11.5 Å². The number of Topliss-reactive ketones (excluding diaryl/α,β-unsaturated/α-hetero) is 1. The lowest BCUT2D eigenvalue weighted by Gasteiger charge is -2.34. The molecule has 7 nitrogen and oxygen atoms in total. The number of ketones is 1. The molecule has 0 aliphatic carbocycles. The van der Waals surface area contributed by atoms with Crippen LogP contribution in [0.15, 0.2) is 60.7 Å². The molecule has 2 atom stereocenters. The number of aryl methyl sites for hydroxylation is 1. The number of amides is 1. The molecular weight excluding hydrogens is 542 g/mol. The largest absolute Gasteiger partial charge is 0.493 e. The van der Waals surface area contributed by atoms with Crippen LogP contribution in [0.1, 0.15) is 40.7 Å². The molecule has 3 aromatic carbocycles. The highest BCUT2D eigenvalue weighted by Crippen LogP contribution is 2.38. The molecule has 1 unspecified atom stereocenters. The number of nitrogens with zero attached hydrogens (tertiary/aromatic N) is 2. The highest BCUT2D eigenvalue weighted by atomic mass is 19.1. The normalized spacial score (nSPS) is 15.5. The van der Waals surface area contributed by atoms with E-state index in [-0.39, 0.29) is 29.3 Å². The third kappa shape index (κ3) is 7.45. The van der Waals surface area contributed by atoms with Gasteiger partial charge in [0.05, 0.1) is 21.3 Å². The maximum absolute atomic E-state index is 13.6. The van der Waals surface area contributed by atoms with Crippen LogP contribution in [0, 0.1) is 11.6 Å². The van der Waals surface area contributed by atoms with Gasteiger partial charge < -0.3 is 24.0 Å². The first-order valence-electron chi connectivity index (χ1n) is 14.1. The van der Waals surface area contributed by atoms with Gasteiger partial charge in [-0.1, -0.05) is 24.3 Å². The number of halogens is 2. The zero-order chi connectivity index (χ0) is 30.2. The van der Waals surface area contributed by atoms with Gasteiger partial charge in [-0.15, -0.1) is 0 Å². The number of rotatable bonds is 13. The van der Waals surface area contributed by atoms with E-state index >= 15 is 0 Å². The van der Waals surface area contributed by atoms with E-state index in [4.69, 9.17) is 14.2 Å². The predicted molar refractivity (Wildman–Crippen MR) is 156 cm³/mol. The van der Waals surface area contributed by atoms with Crippen LogP contribution in [0.3, 0.4) is 0 Å². The summed E-state index contributed by atoms with van der Waals surface area (Å²) >= 11 is 0. The standard InChI is InChI=1S/C33H38F2N2O5/c1-36(27(18-23-9-14-26(35)15-10-23)16-11-22-7-12-25(34)13-8-22)21-28-6-5-17-37(28)33(39)31(38)24-19-29(40-2)32(42-4)30(20-24)41-3/h7-10,12-15,19-20,27-28H,5-6,11,16-18,21H2,1-4H3/t27?,28-/m0/s1. The van der Waals surface area contributed by atoms with Crippen LogP contribution in [0.4, 0.5) is 8.78 Å². The van der Waals surface area contributed by atoms with Gasteiger partial charge in [0.1, 0.15) is 11.6 Å². The topological polar surface area (TPSA) is 68.3 Å². The first-order chi connectivity index (χ1) is 20.2. The second-order valence-electron chi connectivity index (χ2n) is 10.6. The van der Waals surface area contributed by atoms with E-state index in [0.717, 1.165) is 36.8 Å². The lowest BCUT2D eigenvalue weighted by molar-refractivity contribution is -0.127. The fraction of sp³-hybridized carbons (Fsp3) is 0.394. The lowest BCUT2D eigenvalue weighted by atomic mass is 9.97. The summed E-state index contributed by atoms with van der Waals surface area (Å²) < 4.78 is 43.0. The Morgan fingerprint density at radius 3 is 2.02 bits per heavy atom. The molecule has 42 heavy (non-hydrogen) atoms. The minimum atomic E-state index is -0.636. The van der Waals surface area contributed by atoms with Crippen molar-refractivity contribution >= 4 is 11.7 Å². The van der Waals surface area contributed by atoms with E-state index in [1.54, 1.807) is 29.2 Å². The van der Waals surface area contributed by atoms with Crippen molar-refractivity contribution in [1.82, 2.24) is 9.80 Å². The number of carbonyl (C=O) groups is 2. The molecule has 1 saturated heterocycles. The van der Waals surface area contributed by atoms with E-state index in [9.17, 15) is 18.4 Å². The second-order valence-corrected chi connectivity index (χ2v) is 10.6. The van der Waals surface area contributed by atoms with Gasteiger partial charge in [-0.2, -0.15) is 0 Å². The maximum atomic E-state index is 13.6. The van der Waals surface area contributed by atoms with Gasteiger partial charge in [-0.3, -0.25) is 9.59 Å². The summed E-state index contributed by atoms with van der Waals surface area (Å²) in [5, 5.41) is 0. The quantitative estimate of drug-likeness (QED) is 0.201. The highest BCUT2D eigenvalue weighted by molar-refractivity contribution is 6.43. The highest BCUT2D eigenvalue weighted by Gasteiger charge is 2.35. The van der Waals surface area contributed by atoms with Crippen LogP contribution in [-0.4, -0.2) is 75.0 Å². The van der Waals surface area contributed by atoms with Gasteiger partial charge in [0.25, 0.3) is 11.7 Å². The number of ether oxygens (including phenoxy) is 3. The summed E-state index contributed by atoms with van der Waals surface area (Å²) in [5.74, 6) is -0.814. The number of methoxy groups -OCH3 is 3. The Morgan fingerprint density at radius 1 is 0.905 bits per heavy atom. The van der Waals surface area contributed by atoms with Gasteiger partial charge in [0, 0.05) is 30.7 Å². The number of likely N-dealkylation sites (N-methyl/N-ethyl adjacent to an activating group) is 1. The Hall–Kier alpha value is -3.98. The smallest absolute Gasteiger partial charge is 0.295 e. The van der Waals surface area contributed by atoms with Crippen LogP contribution in [0.2, 0.25) is 0 Å². The van der Waals surface area contributed by atoms with Crippen molar-refractivity contribution in [3.63, 3.8) is 0 Å². The molecule has 0 bridgehead atoms. The van der Waals surface area contributed by atoms with Gasteiger partial charge in [-0.25, -0.2) is 8.78 Å².